The summed E-state index contributed by atoms with van der Waals surface area (Å²) >= 11 is 0. The first kappa shape index (κ1) is 122. The van der Waals surface area contributed by atoms with Gasteiger partial charge in [-0.2, -0.15) is 0 Å². The molecule has 0 aliphatic rings. The minimum absolute atomic E-state index is 0. The first-order chi connectivity index (χ1) is 53.0. The van der Waals surface area contributed by atoms with Crippen LogP contribution < -0.4 is 21.7 Å². The van der Waals surface area contributed by atoms with E-state index in [1.54, 1.807) is 0 Å². The number of carbonyl (C=O) groups is 5. The second-order valence-corrected chi connectivity index (χ2v) is 34.9. The van der Waals surface area contributed by atoms with E-state index < -0.39 is 55.9 Å². The number of ether oxygens (including phenoxy) is 2. The van der Waals surface area contributed by atoms with Crippen LogP contribution in [0.25, 0.3) is 0 Å². The lowest BCUT2D eigenvalue weighted by Gasteiger charge is -2.20. The lowest BCUT2D eigenvalue weighted by atomic mass is 10.0. The number of nitrogens with one attached hydrogen (secondary N) is 3. The Morgan fingerprint density at radius 3 is 0.867 bits per heavy atom. The molecule has 5 atom stereocenters. The number of nitrogens with two attached hydrogens (primary N) is 1. The summed E-state index contributed by atoms with van der Waals surface area (Å²) < 4.78 is 94.0. The monoisotopic (exact) mass is 1710 g/mol. The van der Waals surface area contributed by atoms with E-state index in [-0.39, 0.29) is 105 Å². The maximum atomic E-state index is 12.8. The molecular weight excluding hydrogens is 1530 g/mol. The van der Waals surface area contributed by atoms with Gasteiger partial charge >= 0.3 is 43.2 Å². The van der Waals surface area contributed by atoms with Crippen LogP contribution in [0.2, 0.25) is 0 Å². The highest BCUT2D eigenvalue weighted by molar-refractivity contribution is 7.48. The van der Waals surface area contributed by atoms with E-state index in [4.69, 9.17) is 43.1 Å². The fourth-order valence-corrected chi connectivity index (χ4v) is 13.8. The summed E-state index contributed by atoms with van der Waals surface area (Å²) in [4.78, 5) is 99.0. The molecule has 0 saturated carbocycles. The van der Waals surface area contributed by atoms with Crippen LogP contribution in [0.5, 0.6) is 0 Å². The second-order valence-electron chi connectivity index (χ2n) is 28.8. The summed E-state index contributed by atoms with van der Waals surface area (Å²) in [7, 11) is -12.8. The van der Waals surface area contributed by atoms with E-state index in [0.717, 1.165) is 137 Å². The summed E-state index contributed by atoms with van der Waals surface area (Å²) in [5.41, 5.74) is 5.30. The number of hydrogen-bond donors (Lipinski definition) is 8. The van der Waals surface area contributed by atoms with E-state index in [1.165, 1.54) is 186 Å². The van der Waals surface area contributed by atoms with Gasteiger partial charge in [0.25, 0.3) is 0 Å². The Bertz CT molecular complexity index is 2310. The Hall–Kier alpha value is -2.25. The molecule has 0 heterocycles. The number of phosphoric ester groups is 4. The van der Waals surface area contributed by atoms with Gasteiger partial charge in [0.2, 0.25) is 17.7 Å². The number of amides is 3. The van der Waals surface area contributed by atoms with Gasteiger partial charge in [-0.25, -0.2) is 18.3 Å². The molecular formula is C82H174N4O23P4. The van der Waals surface area contributed by atoms with Crippen molar-refractivity contribution in [1.82, 2.24) is 16.0 Å². The molecule has 3 amide bonds. The number of hydrogen-bond acceptors (Lipinski definition) is 20. The van der Waals surface area contributed by atoms with Gasteiger partial charge in [0.1, 0.15) is 6.61 Å². The molecule has 0 aromatic rings. The lowest BCUT2D eigenvalue weighted by molar-refractivity contribution is -0.161. The first-order valence-electron chi connectivity index (χ1n) is 43.0. The largest absolute Gasteiger partial charge is 0.472 e. The highest BCUT2D eigenvalue weighted by atomic mass is 31.2. The van der Waals surface area contributed by atoms with E-state index in [1.807, 2.05) is 0 Å². The van der Waals surface area contributed by atoms with Gasteiger partial charge < -0.3 is 50.7 Å². The molecule has 0 aromatic carbocycles. The zero-order chi connectivity index (χ0) is 82.0. The first-order valence-corrected chi connectivity index (χ1v) is 49.0. The van der Waals surface area contributed by atoms with Crippen LogP contribution >= 0.6 is 31.3 Å². The van der Waals surface area contributed by atoms with Crippen LogP contribution in [0.1, 0.15) is 409 Å². The van der Waals surface area contributed by atoms with Crippen LogP contribution in [0, 0.1) is 0 Å². The third-order valence-electron chi connectivity index (χ3n) is 18.5. The maximum Gasteiger partial charge on any atom is 0.472 e. The van der Waals surface area contributed by atoms with Crippen molar-refractivity contribution in [2.75, 3.05) is 87.1 Å². The summed E-state index contributed by atoms with van der Waals surface area (Å²) in [6.45, 7) is 7.90. The predicted molar refractivity (Wildman–Crippen MR) is 459 cm³/mol. The highest BCUT2D eigenvalue weighted by Crippen LogP contribution is 2.44. The number of carbonyl (C=O) groups excluding carboxylic acids is 5. The molecule has 0 fully saturated rings. The normalized spacial score (nSPS) is 13.4. The van der Waals surface area contributed by atoms with Crippen molar-refractivity contribution in [1.29, 1.82) is 0 Å². The molecule has 0 spiro atoms. The molecule has 680 valence electrons. The Kier molecular flexibility index (Phi) is 97.4. The van der Waals surface area contributed by atoms with Crippen LogP contribution in [0.4, 0.5) is 0 Å². The van der Waals surface area contributed by atoms with Crippen molar-refractivity contribution in [2.45, 2.75) is 415 Å². The van der Waals surface area contributed by atoms with Crippen molar-refractivity contribution in [3.8, 4) is 0 Å². The number of phosphoric acid groups is 4. The van der Waals surface area contributed by atoms with Crippen molar-refractivity contribution in [2.24, 2.45) is 5.73 Å². The fourth-order valence-electron chi connectivity index (χ4n) is 11.7. The topological polar surface area (TPSA) is 389 Å². The van der Waals surface area contributed by atoms with Crippen molar-refractivity contribution < 1.29 is 107 Å². The average molecular weight is 1710 g/mol. The standard InChI is InChI=1S/C49H96N2O14P2.C23H48NO5P.C7H18NO4P.3CH4/c1-4-6-8-10-12-14-16-18-20-22-24-26-30-37-48(54)61-43-45(65-49(55)38-31-27-25-23-21-19-17-15-13-11-9-7-5-2)44-64-67(58,59)63-42-40-51-47(53)36-34-35-46(52)50-39-32-28-29-33-41-62-66(56,57)60-3;1-3-4-5-6-7-8-9-10-11-12-13-14-17-20-23(25)24-21-18-15-16-19-22-29-30(26,27)28-2;1-11-13(9,10)12-7-5-3-2-4-6-8;;;/h45H,4-44H2,1-3H3,(H,50,52)(H,51,53)(H,56,57)(H,58,59);3-22H2,1-2H3,(H,24,25)(H,26,27);2-8H2,1H3,(H,9,10);3*1H4. The van der Waals surface area contributed by atoms with Crippen LogP contribution in [0.3, 0.4) is 0 Å². The molecule has 31 heteroatoms. The number of unbranched alkanes of at least 4 members (excludes halogenated alkanes) is 45. The number of rotatable bonds is 82. The maximum absolute atomic E-state index is 12.8. The quantitative estimate of drug-likeness (QED) is 0.0159. The minimum Gasteiger partial charge on any atom is -0.462 e. The van der Waals surface area contributed by atoms with Gasteiger partial charge in [-0.3, -0.25) is 60.2 Å². The van der Waals surface area contributed by atoms with E-state index in [0.29, 0.717) is 58.2 Å². The van der Waals surface area contributed by atoms with Crippen LogP contribution in [-0.4, -0.2) is 142 Å². The van der Waals surface area contributed by atoms with Crippen molar-refractivity contribution >= 4 is 61.0 Å². The summed E-state index contributed by atoms with van der Waals surface area (Å²) in [5, 5.41) is 8.35. The molecule has 9 N–H and O–H groups in total. The van der Waals surface area contributed by atoms with E-state index in [9.17, 15) is 52.0 Å². The number of esters is 2. The minimum atomic E-state index is -4.63. The zero-order valence-corrected chi connectivity index (χ0v) is 73.4. The van der Waals surface area contributed by atoms with Gasteiger partial charge in [-0.1, -0.05) is 313 Å². The average Bonchev–Trinajstić information content (AvgIpc) is 0.904. The van der Waals surface area contributed by atoms with Crippen LogP contribution in [-0.2, 0) is 87.9 Å². The fraction of sp³-hybridized carbons (Fsp3) is 0.939. The van der Waals surface area contributed by atoms with Gasteiger partial charge in [0, 0.05) is 73.1 Å². The molecule has 113 heavy (non-hydrogen) atoms. The third kappa shape index (κ3) is 98.5. The molecule has 0 rings (SSSR count). The SMILES string of the molecule is C.C.C.CCCCCCCCCCCCCCCC(=O)NCCCCCCOP(=O)(O)OC.CCCCCCCCCCCCCCCC(=O)OCC(COP(=O)(O)OCCNC(=O)CCCC(=O)NCCCCCCOP(=O)(O)OC)OC(=O)CCCCCCCCCCCCCCC.COP(=O)(O)OCCCCCCN. The van der Waals surface area contributed by atoms with Gasteiger partial charge in [0.05, 0.1) is 33.0 Å². The molecule has 5 unspecified atom stereocenters. The molecule has 0 aromatic heterocycles. The predicted octanol–water partition coefficient (Wildman–Crippen LogP) is 22.3. The molecule has 27 nitrogen and oxygen atoms in total. The van der Waals surface area contributed by atoms with Crippen molar-refractivity contribution in [3.63, 3.8) is 0 Å². The Labute approximate surface area is 689 Å². The molecule has 0 radical (unpaired) electrons. The second kappa shape index (κ2) is 90.5. The summed E-state index contributed by atoms with van der Waals surface area (Å²) in [5.74, 6) is -1.32. The van der Waals surface area contributed by atoms with E-state index >= 15 is 0 Å². The van der Waals surface area contributed by atoms with E-state index in [2.05, 4.69) is 54.8 Å². The Morgan fingerprint density at radius 1 is 0.292 bits per heavy atom. The molecule has 0 aliphatic heterocycles. The Balaban J connectivity index is -0.000000509. The van der Waals surface area contributed by atoms with Crippen LogP contribution in [0.15, 0.2) is 0 Å². The molecule has 0 saturated heterocycles. The Morgan fingerprint density at radius 2 is 0.549 bits per heavy atom. The molecule has 0 aliphatic carbocycles. The smallest absolute Gasteiger partial charge is 0.462 e. The zero-order valence-electron chi connectivity index (χ0n) is 69.9. The van der Waals surface area contributed by atoms with Gasteiger partial charge in [0.15, 0.2) is 6.10 Å². The van der Waals surface area contributed by atoms with Crippen molar-refractivity contribution in [3.05, 3.63) is 0 Å². The summed E-state index contributed by atoms with van der Waals surface area (Å²) in [6.07, 6.45) is 58.5. The highest BCUT2D eigenvalue weighted by Gasteiger charge is 2.27. The van der Waals surface area contributed by atoms with Gasteiger partial charge in [-0.15, -0.1) is 0 Å². The summed E-state index contributed by atoms with van der Waals surface area (Å²) in [6, 6.07) is 0. The lowest BCUT2D eigenvalue weighted by Crippen LogP contribution is -2.30. The third-order valence-corrected chi connectivity index (χ3v) is 22.4. The van der Waals surface area contributed by atoms with Gasteiger partial charge in [-0.05, 0) is 70.8 Å². The molecule has 0 bridgehead atoms.